The van der Waals surface area contributed by atoms with E-state index in [9.17, 15) is 28.1 Å². The van der Waals surface area contributed by atoms with E-state index >= 15 is 0 Å². The highest BCUT2D eigenvalue weighted by molar-refractivity contribution is 5.96. The summed E-state index contributed by atoms with van der Waals surface area (Å²) in [7, 11) is 1.64. The van der Waals surface area contributed by atoms with E-state index in [0.29, 0.717) is 5.56 Å². The van der Waals surface area contributed by atoms with E-state index < -0.39 is 28.6 Å². The Labute approximate surface area is 153 Å². The van der Waals surface area contributed by atoms with Crippen LogP contribution in [0, 0.1) is 10.1 Å². The van der Waals surface area contributed by atoms with Crippen molar-refractivity contribution in [3.05, 3.63) is 69.8 Å². The summed E-state index contributed by atoms with van der Waals surface area (Å²) >= 11 is 0. The van der Waals surface area contributed by atoms with E-state index in [1.54, 1.807) is 24.9 Å². The molecule has 144 valence electrons. The lowest BCUT2D eigenvalue weighted by molar-refractivity contribution is -0.383. The number of nitro benzene ring substituents is 1. The Kier molecular flexibility index (Phi) is 6.17. The average molecular weight is 381 g/mol. The maximum atomic E-state index is 12.6. The lowest BCUT2D eigenvalue weighted by Gasteiger charge is -2.24. The van der Waals surface area contributed by atoms with Crippen LogP contribution >= 0.6 is 0 Å². The van der Waals surface area contributed by atoms with Crippen molar-refractivity contribution in [2.24, 2.45) is 0 Å². The maximum absolute atomic E-state index is 12.6. The number of nitrogens with zero attached hydrogens (tertiary/aromatic N) is 2. The molecule has 2 rings (SSSR count). The highest BCUT2D eigenvalue weighted by Gasteiger charge is 2.30. The maximum Gasteiger partial charge on any atom is 0.416 e. The number of anilines is 1. The van der Waals surface area contributed by atoms with Crippen molar-refractivity contribution < 1.29 is 22.9 Å². The van der Waals surface area contributed by atoms with Gasteiger partial charge in [-0.25, -0.2) is 0 Å². The molecule has 1 amide bonds. The van der Waals surface area contributed by atoms with Crippen LogP contribution in [0.15, 0.2) is 48.5 Å². The van der Waals surface area contributed by atoms with Gasteiger partial charge in [-0.1, -0.05) is 24.3 Å². The number of carbonyl (C=O) groups excluding carboxylic acids is 1. The van der Waals surface area contributed by atoms with Crippen LogP contribution in [-0.2, 0) is 17.5 Å². The van der Waals surface area contributed by atoms with Crippen LogP contribution in [0.3, 0.4) is 0 Å². The van der Waals surface area contributed by atoms with Crippen molar-refractivity contribution in [2.45, 2.75) is 25.7 Å². The number of amides is 1. The average Bonchev–Trinajstić information content (AvgIpc) is 2.61. The summed E-state index contributed by atoms with van der Waals surface area (Å²) in [6, 6.07) is 9.80. The minimum absolute atomic E-state index is 0.0854. The van der Waals surface area contributed by atoms with Gasteiger partial charge in [0.1, 0.15) is 5.69 Å². The van der Waals surface area contributed by atoms with Crippen LogP contribution in [0.1, 0.15) is 18.1 Å². The van der Waals surface area contributed by atoms with Crippen LogP contribution in [0.4, 0.5) is 24.5 Å². The summed E-state index contributed by atoms with van der Waals surface area (Å²) < 4.78 is 37.8. The Morgan fingerprint density at radius 3 is 2.33 bits per heavy atom. The molecule has 0 aliphatic heterocycles. The fourth-order valence-corrected chi connectivity index (χ4v) is 2.40. The van der Waals surface area contributed by atoms with Gasteiger partial charge in [-0.15, -0.1) is 0 Å². The summed E-state index contributed by atoms with van der Waals surface area (Å²) in [6.45, 7) is 1.85. The number of para-hydroxylation sites is 2. The van der Waals surface area contributed by atoms with Gasteiger partial charge in [0.15, 0.2) is 0 Å². The Hall–Kier alpha value is -2.94. The molecule has 0 heterocycles. The van der Waals surface area contributed by atoms with Gasteiger partial charge in [0.2, 0.25) is 5.91 Å². The number of hydrogen-bond acceptors (Lipinski definition) is 4. The predicted octanol–water partition coefficient (Wildman–Crippen LogP) is 4.07. The SMILES string of the molecule is C[C@H](C(=O)Nc1ccccc1[N+](=O)[O-])N(C)Cc1ccc(C(F)(F)F)cc1. The highest BCUT2D eigenvalue weighted by Crippen LogP contribution is 2.29. The van der Waals surface area contributed by atoms with E-state index in [1.807, 2.05) is 0 Å². The van der Waals surface area contributed by atoms with Crippen molar-refractivity contribution in [3.8, 4) is 0 Å². The van der Waals surface area contributed by atoms with Crippen LogP contribution in [0.2, 0.25) is 0 Å². The molecular weight excluding hydrogens is 363 g/mol. The third-order valence-electron chi connectivity index (χ3n) is 4.11. The first kappa shape index (κ1) is 20.4. The quantitative estimate of drug-likeness (QED) is 0.605. The Morgan fingerprint density at radius 2 is 1.78 bits per heavy atom. The molecule has 0 aliphatic rings. The summed E-state index contributed by atoms with van der Waals surface area (Å²) in [4.78, 5) is 24.4. The summed E-state index contributed by atoms with van der Waals surface area (Å²) in [6.07, 6.45) is -4.40. The second kappa shape index (κ2) is 8.17. The van der Waals surface area contributed by atoms with Gasteiger partial charge in [0.05, 0.1) is 16.5 Å². The van der Waals surface area contributed by atoms with Gasteiger partial charge in [0, 0.05) is 12.6 Å². The first-order valence-electron chi connectivity index (χ1n) is 8.00. The molecule has 0 spiro atoms. The normalized spacial score (nSPS) is 12.7. The van der Waals surface area contributed by atoms with Crippen molar-refractivity contribution in [3.63, 3.8) is 0 Å². The molecule has 0 aromatic heterocycles. The molecule has 2 aromatic rings. The number of halogens is 3. The predicted molar refractivity (Wildman–Crippen MR) is 94.1 cm³/mol. The number of nitrogens with one attached hydrogen (secondary N) is 1. The number of likely N-dealkylation sites (N-methyl/N-ethyl adjacent to an activating group) is 1. The minimum atomic E-state index is -4.40. The molecule has 0 aliphatic carbocycles. The van der Waals surface area contributed by atoms with Crippen LogP contribution in [0.5, 0.6) is 0 Å². The molecule has 0 saturated heterocycles. The molecule has 0 radical (unpaired) electrons. The Bertz CT molecular complexity index is 823. The van der Waals surface area contributed by atoms with Gasteiger partial charge in [-0.05, 0) is 37.7 Å². The zero-order valence-electron chi connectivity index (χ0n) is 14.7. The molecule has 0 saturated carbocycles. The highest BCUT2D eigenvalue weighted by atomic mass is 19.4. The van der Waals surface area contributed by atoms with Crippen LogP contribution in [-0.4, -0.2) is 28.8 Å². The second-order valence-electron chi connectivity index (χ2n) is 6.05. The molecule has 1 atom stereocenters. The number of carbonyl (C=O) groups is 1. The van der Waals surface area contributed by atoms with Gasteiger partial charge >= 0.3 is 6.18 Å². The minimum Gasteiger partial charge on any atom is -0.319 e. The molecule has 0 fully saturated rings. The fraction of sp³-hybridized carbons (Fsp3) is 0.278. The van der Waals surface area contributed by atoms with Crippen LogP contribution < -0.4 is 5.32 Å². The number of nitro groups is 1. The topological polar surface area (TPSA) is 75.5 Å². The third kappa shape index (κ3) is 5.27. The third-order valence-corrected chi connectivity index (χ3v) is 4.11. The van der Waals surface area contributed by atoms with Gasteiger partial charge < -0.3 is 5.32 Å². The van der Waals surface area contributed by atoms with E-state index in [1.165, 1.54) is 30.3 Å². The first-order chi connectivity index (χ1) is 12.6. The van der Waals surface area contributed by atoms with Crippen molar-refractivity contribution in [1.29, 1.82) is 0 Å². The molecule has 6 nitrogen and oxygen atoms in total. The molecule has 0 unspecified atom stereocenters. The second-order valence-corrected chi connectivity index (χ2v) is 6.05. The molecular formula is C18H18F3N3O3. The van der Waals surface area contributed by atoms with Crippen LogP contribution in [0.25, 0.3) is 0 Å². The van der Waals surface area contributed by atoms with E-state index in [4.69, 9.17) is 0 Å². The fourth-order valence-electron chi connectivity index (χ4n) is 2.40. The van der Waals surface area contributed by atoms with Crippen molar-refractivity contribution >= 4 is 17.3 Å². The molecule has 1 N–H and O–H groups in total. The molecule has 9 heteroatoms. The zero-order valence-corrected chi connectivity index (χ0v) is 14.7. The monoisotopic (exact) mass is 381 g/mol. The molecule has 0 bridgehead atoms. The zero-order chi connectivity index (χ0) is 20.2. The number of alkyl halides is 3. The van der Waals surface area contributed by atoms with E-state index in [2.05, 4.69) is 5.32 Å². The largest absolute Gasteiger partial charge is 0.416 e. The summed E-state index contributed by atoms with van der Waals surface area (Å²) in [5.74, 6) is -0.460. The van der Waals surface area contributed by atoms with Gasteiger partial charge in [-0.3, -0.25) is 19.8 Å². The number of hydrogen-bond donors (Lipinski definition) is 1. The van der Waals surface area contributed by atoms with Gasteiger partial charge in [0.25, 0.3) is 5.69 Å². The lowest BCUT2D eigenvalue weighted by Crippen LogP contribution is -2.39. The lowest BCUT2D eigenvalue weighted by atomic mass is 10.1. The Balaban J connectivity index is 2.03. The number of rotatable bonds is 6. The first-order valence-corrected chi connectivity index (χ1v) is 8.00. The van der Waals surface area contributed by atoms with Crippen molar-refractivity contribution in [1.82, 2.24) is 4.90 Å². The smallest absolute Gasteiger partial charge is 0.319 e. The van der Waals surface area contributed by atoms with Crippen molar-refractivity contribution in [2.75, 3.05) is 12.4 Å². The summed E-state index contributed by atoms with van der Waals surface area (Å²) in [5, 5.41) is 13.5. The van der Waals surface area contributed by atoms with E-state index in [0.717, 1.165) is 12.1 Å². The van der Waals surface area contributed by atoms with E-state index in [-0.39, 0.29) is 17.9 Å². The standard InChI is InChI=1S/C18H18F3N3O3/c1-12(17(25)22-15-5-3-4-6-16(15)24(26)27)23(2)11-13-7-9-14(10-8-13)18(19,20)21/h3-10,12H,11H2,1-2H3,(H,22,25)/t12-/m1/s1. The molecule has 27 heavy (non-hydrogen) atoms. The summed E-state index contributed by atoms with van der Waals surface area (Å²) in [5.41, 5.74) is -0.266. The van der Waals surface area contributed by atoms with Gasteiger partial charge in [-0.2, -0.15) is 13.2 Å². The molecule has 2 aromatic carbocycles. The Morgan fingerprint density at radius 1 is 1.19 bits per heavy atom. The number of benzene rings is 2.